The lowest BCUT2D eigenvalue weighted by molar-refractivity contribution is 0.0600. The highest BCUT2D eigenvalue weighted by Gasteiger charge is 2.22. The van der Waals surface area contributed by atoms with Crippen LogP contribution in [0.15, 0.2) is 6.20 Å². The minimum absolute atomic E-state index is 0.0663. The predicted molar refractivity (Wildman–Crippen MR) is 57.7 cm³/mol. The van der Waals surface area contributed by atoms with Crippen molar-refractivity contribution >= 4 is 34.2 Å². The van der Waals surface area contributed by atoms with Crippen molar-refractivity contribution in [3.8, 4) is 0 Å². The highest BCUT2D eigenvalue weighted by molar-refractivity contribution is 14.1. The number of rotatable bonds is 2. The Morgan fingerprint density at radius 2 is 2.27 bits per heavy atom. The van der Waals surface area contributed by atoms with Crippen LogP contribution in [0.2, 0.25) is 0 Å². The van der Waals surface area contributed by atoms with Crippen LogP contribution in [0, 0.1) is 3.57 Å². The molecule has 1 heterocycles. The number of pyridine rings is 1. The van der Waals surface area contributed by atoms with Gasteiger partial charge in [-0.15, -0.1) is 0 Å². The SMILES string of the molecule is COC(=O)c1c(I)cnc(C(F)F)c1N. The average molecular weight is 328 g/mol. The van der Waals surface area contributed by atoms with Gasteiger partial charge in [0.15, 0.2) is 0 Å². The number of aromatic nitrogens is 1. The summed E-state index contributed by atoms with van der Waals surface area (Å²) in [5.74, 6) is -0.749. The van der Waals surface area contributed by atoms with Crippen molar-refractivity contribution in [3.63, 3.8) is 0 Å². The molecule has 0 saturated heterocycles. The highest BCUT2D eigenvalue weighted by Crippen LogP contribution is 2.28. The molecule has 2 N–H and O–H groups in total. The standard InChI is InChI=1S/C8H7F2IN2O2/c1-15-8(14)4-3(11)2-13-6(5(4)12)7(9)10/h2,7H,12H2,1H3. The van der Waals surface area contributed by atoms with E-state index in [-0.39, 0.29) is 11.3 Å². The molecule has 0 fully saturated rings. The van der Waals surface area contributed by atoms with E-state index in [0.717, 1.165) is 13.3 Å². The van der Waals surface area contributed by atoms with Crippen molar-refractivity contribution in [2.45, 2.75) is 6.43 Å². The molecule has 7 heteroatoms. The third kappa shape index (κ3) is 2.33. The van der Waals surface area contributed by atoms with Gasteiger partial charge < -0.3 is 10.5 Å². The first-order valence-electron chi connectivity index (χ1n) is 3.79. The Balaban J connectivity index is 3.36. The van der Waals surface area contributed by atoms with Crippen molar-refractivity contribution < 1.29 is 18.3 Å². The number of esters is 1. The molecule has 4 nitrogen and oxygen atoms in total. The quantitative estimate of drug-likeness (QED) is 0.666. The smallest absolute Gasteiger partial charge is 0.341 e. The number of carbonyl (C=O) groups is 1. The molecule has 0 spiro atoms. The van der Waals surface area contributed by atoms with E-state index in [1.165, 1.54) is 0 Å². The number of methoxy groups -OCH3 is 1. The Morgan fingerprint density at radius 1 is 1.67 bits per heavy atom. The molecule has 0 bridgehead atoms. The number of hydrogen-bond acceptors (Lipinski definition) is 4. The fraction of sp³-hybridized carbons (Fsp3) is 0.250. The van der Waals surface area contributed by atoms with Crippen LogP contribution >= 0.6 is 22.6 Å². The van der Waals surface area contributed by atoms with Crippen LogP contribution in [0.4, 0.5) is 14.5 Å². The van der Waals surface area contributed by atoms with E-state index in [1.807, 2.05) is 0 Å². The topological polar surface area (TPSA) is 65.2 Å². The highest BCUT2D eigenvalue weighted by atomic mass is 127. The summed E-state index contributed by atoms with van der Waals surface area (Å²) in [4.78, 5) is 14.7. The maximum atomic E-state index is 12.4. The molecule has 0 aromatic carbocycles. The zero-order valence-electron chi connectivity index (χ0n) is 7.63. The van der Waals surface area contributed by atoms with Gasteiger partial charge in [0.25, 0.3) is 6.43 Å². The summed E-state index contributed by atoms with van der Waals surface area (Å²) in [6, 6.07) is 0. The van der Waals surface area contributed by atoms with Crippen molar-refractivity contribution in [1.82, 2.24) is 4.98 Å². The molecule has 0 aliphatic heterocycles. The van der Waals surface area contributed by atoms with Gasteiger partial charge in [0, 0.05) is 9.77 Å². The molecule has 82 valence electrons. The molecule has 0 unspecified atom stereocenters. The molecular formula is C8H7F2IN2O2. The minimum Gasteiger partial charge on any atom is -0.465 e. The van der Waals surface area contributed by atoms with E-state index in [1.54, 1.807) is 22.6 Å². The number of ether oxygens (including phenoxy) is 1. The maximum Gasteiger partial charge on any atom is 0.341 e. The first kappa shape index (κ1) is 12.1. The number of anilines is 1. The minimum atomic E-state index is -2.81. The molecule has 0 aliphatic rings. The van der Waals surface area contributed by atoms with Gasteiger partial charge in [0.1, 0.15) is 5.69 Å². The van der Waals surface area contributed by atoms with Crippen LogP contribution in [-0.4, -0.2) is 18.1 Å². The van der Waals surface area contributed by atoms with Crippen molar-refractivity contribution in [2.75, 3.05) is 12.8 Å². The lowest BCUT2D eigenvalue weighted by atomic mass is 10.2. The van der Waals surface area contributed by atoms with Gasteiger partial charge in [0.2, 0.25) is 0 Å². The molecule has 0 saturated carbocycles. The van der Waals surface area contributed by atoms with Gasteiger partial charge in [-0.05, 0) is 22.6 Å². The maximum absolute atomic E-state index is 12.4. The van der Waals surface area contributed by atoms with Gasteiger partial charge in [-0.1, -0.05) is 0 Å². The van der Waals surface area contributed by atoms with Gasteiger partial charge in [-0.25, -0.2) is 13.6 Å². The fourth-order valence-electron chi connectivity index (χ4n) is 1.00. The van der Waals surface area contributed by atoms with Crippen LogP contribution in [-0.2, 0) is 4.74 Å². The largest absolute Gasteiger partial charge is 0.465 e. The van der Waals surface area contributed by atoms with E-state index in [4.69, 9.17) is 5.73 Å². The summed E-state index contributed by atoms with van der Waals surface area (Å²) in [5, 5.41) is 0. The van der Waals surface area contributed by atoms with E-state index in [9.17, 15) is 13.6 Å². The summed E-state index contributed by atoms with van der Waals surface area (Å²) in [7, 11) is 1.15. The van der Waals surface area contributed by atoms with Crippen molar-refractivity contribution in [3.05, 3.63) is 21.0 Å². The zero-order valence-corrected chi connectivity index (χ0v) is 9.79. The second-order valence-corrected chi connectivity index (χ2v) is 3.73. The Morgan fingerprint density at radius 3 is 2.73 bits per heavy atom. The van der Waals surface area contributed by atoms with E-state index in [2.05, 4.69) is 9.72 Å². The molecule has 15 heavy (non-hydrogen) atoms. The number of hydrogen-bond donors (Lipinski definition) is 1. The molecule has 0 atom stereocenters. The van der Waals surface area contributed by atoms with Gasteiger partial charge >= 0.3 is 5.97 Å². The van der Waals surface area contributed by atoms with E-state index >= 15 is 0 Å². The second kappa shape index (κ2) is 4.69. The van der Waals surface area contributed by atoms with E-state index < -0.39 is 18.1 Å². The lowest BCUT2D eigenvalue weighted by Crippen LogP contribution is -2.12. The van der Waals surface area contributed by atoms with Gasteiger partial charge in [0.05, 0.1) is 18.4 Å². The molecule has 1 aromatic rings. The van der Waals surface area contributed by atoms with Crippen molar-refractivity contribution in [2.24, 2.45) is 0 Å². The number of nitrogens with two attached hydrogens (primary N) is 1. The van der Waals surface area contributed by atoms with Crippen LogP contribution in [0.25, 0.3) is 0 Å². The van der Waals surface area contributed by atoms with Crippen LogP contribution < -0.4 is 5.73 Å². The molecule has 0 aliphatic carbocycles. The molecule has 0 radical (unpaired) electrons. The van der Waals surface area contributed by atoms with Gasteiger partial charge in [-0.2, -0.15) is 0 Å². The molecule has 1 aromatic heterocycles. The molecular weight excluding hydrogens is 321 g/mol. The Hall–Kier alpha value is -0.990. The third-order valence-electron chi connectivity index (χ3n) is 1.70. The molecule has 0 amide bonds. The summed E-state index contributed by atoms with van der Waals surface area (Å²) >= 11 is 1.78. The fourth-order valence-corrected chi connectivity index (χ4v) is 1.65. The first-order valence-corrected chi connectivity index (χ1v) is 4.87. The van der Waals surface area contributed by atoms with Crippen LogP contribution in [0.5, 0.6) is 0 Å². The molecule has 1 rings (SSSR count). The second-order valence-electron chi connectivity index (χ2n) is 2.57. The van der Waals surface area contributed by atoms with E-state index in [0.29, 0.717) is 3.57 Å². The zero-order chi connectivity index (χ0) is 11.6. The predicted octanol–water partition coefficient (Wildman–Crippen LogP) is 1.99. The van der Waals surface area contributed by atoms with Crippen LogP contribution in [0.3, 0.4) is 0 Å². The average Bonchev–Trinajstić information content (AvgIpc) is 2.16. The monoisotopic (exact) mass is 328 g/mol. The summed E-state index contributed by atoms with van der Waals surface area (Å²) < 4.78 is 29.6. The van der Waals surface area contributed by atoms with Gasteiger partial charge in [-0.3, -0.25) is 4.98 Å². The Bertz CT molecular complexity index is 398. The van der Waals surface area contributed by atoms with Crippen LogP contribution in [0.1, 0.15) is 22.5 Å². The number of nitrogens with zero attached hydrogens (tertiary/aromatic N) is 1. The Kier molecular flexibility index (Phi) is 3.77. The third-order valence-corrected chi connectivity index (χ3v) is 2.52. The normalized spacial score (nSPS) is 10.5. The number of nitrogen functional groups attached to an aromatic ring is 1. The summed E-state index contributed by atoms with van der Waals surface area (Å²) in [6.07, 6.45) is -1.66. The Labute approximate surface area is 98.0 Å². The summed E-state index contributed by atoms with van der Waals surface area (Å²) in [5.41, 5.74) is 4.42. The number of halogens is 3. The number of carbonyl (C=O) groups excluding carboxylic acids is 1. The lowest BCUT2D eigenvalue weighted by Gasteiger charge is -2.09. The van der Waals surface area contributed by atoms with Crippen molar-refractivity contribution in [1.29, 1.82) is 0 Å². The first-order chi connectivity index (χ1) is 6.99. The number of alkyl halides is 2. The summed E-state index contributed by atoms with van der Waals surface area (Å²) in [6.45, 7) is 0.